The van der Waals surface area contributed by atoms with Gasteiger partial charge in [0.2, 0.25) is 0 Å². The van der Waals surface area contributed by atoms with Crippen molar-refractivity contribution in [2.45, 2.75) is 26.2 Å². The van der Waals surface area contributed by atoms with Crippen molar-refractivity contribution >= 4 is 3.90 Å². The number of likely N-dealkylation sites (tertiary alicyclic amines) is 1. The second-order valence-electron chi connectivity index (χ2n) is 3.04. The van der Waals surface area contributed by atoms with Crippen LogP contribution in [0.3, 0.4) is 0 Å². The minimum absolute atomic E-state index is 1.26. The molecule has 0 aromatic rings. The average Bonchev–Trinajstić information content (AvgIpc) is 1.88. The van der Waals surface area contributed by atoms with Gasteiger partial charge in [0.05, 0.1) is 0 Å². The van der Waals surface area contributed by atoms with E-state index in [1.807, 2.05) is 0 Å². The van der Waals surface area contributed by atoms with E-state index in [0.29, 0.717) is 0 Å². The molecule has 0 unspecified atom stereocenters. The quantitative estimate of drug-likeness (QED) is 0.741. The molecule has 0 bridgehead atoms. The summed E-state index contributed by atoms with van der Waals surface area (Å²) in [5.41, 5.74) is 0. The molecule has 0 N–H and O–H groups in total. The first-order valence-electron chi connectivity index (χ1n) is 4.01. The molecule has 0 amide bonds. The standard InChI is InChI=1S/C8H15N.W/c1-2-6-9-7-4-3-5-8-9;/h3-8H2,1H3;. The van der Waals surface area contributed by atoms with E-state index in [1.54, 1.807) is 23.3 Å². The van der Waals surface area contributed by atoms with Crippen LogP contribution >= 0.6 is 0 Å². The normalized spacial score (nSPS) is 20.9. The van der Waals surface area contributed by atoms with E-state index in [2.05, 4.69) is 11.8 Å². The molecule has 1 heterocycles. The Labute approximate surface area is 74.2 Å². The van der Waals surface area contributed by atoms with Crippen LogP contribution in [0.25, 0.3) is 0 Å². The topological polar surface area (TPSA) is 3.24 Å². The zero-order valence-electron chi connectivity index (χ0n) is 6.60. The summed E-state index contributed by atoms with van der Waals surface area (Å²) in [6, 6.07) is 0. The second-order valence-corrected chi connectivity index (χ2v) is 5.54. The summed E-state index contributed by atoms with van der Waals surface area (Å²) in [6.07, 6.45) is 4.29. The number of hydrogen-bond acceptors (Lipinski definition) is 1. The molecule has 58 valence electrons. The van der Waals surface area contributed by atoms with Gasteiger partial charge in [0, 0.05) is 0 Å². The van der Waals surface area contributed by atoms with E-state index in [0.717, 1.165) is 0 Å². The third kappa shape index (κ3) is 3.07. The average molecular weight is 309 g/mol. The van der Waals surface area contributed by atoms with Gasteiger partial charge in [-0.15, -0.1) is 0 Å². The van der Waals surface area contributed by atoms with Crippen molar-refractivity contribution in [1.82, 2.24) is 4.90 Å². The number of rotatable bonds is 2. The van der Waals surface area contributed by atoms with Gasteiger partial charge >= 0.3 is 74.0 Å². The van der Waals surface area contributed by atoms with E-state index in [4.69, 9.17) is 0 Å². The van der Waals surface area contributed by atoms with Crippen molar-refractivity contribution < 1.29 is 19.4 Å². The molecule has 1 nitrogen and oxygen atoms in total. The van der Waals surface area contributed by atoms with Crippen LogP contribution in [0, 0.1) is 0 Å². The molecule has 0 aromatic heterocycles. The zero-order valence-corrected chi connectivity index (χ0v) is 9.53. The summed E-state index contributed by atoms with van der Waals surface area (Å²) in [5, 5.41) is 0. The Morgan fingerprint density at radius 3 is 2.40 bits per heavy atom. The molecule has 0 spiro atoms. The monoisotopic (exact) mass is 309 g/mol. The van der Waals surface area contributed by atoms with Gasteiger partial charge in [-0.1, -0.05) is 0 Å². The SMILES string of the molecule is C[C](=[W])CN1CCCCC1. The Morgan fingerprint density at radius 1 is 1.30 bits per heavy atom. The second kappa shape index (κ2) is 4.41. The van der Waals surface area contributed by atoms with Crippen molar-refractivity contribution in [3.05, 3.63) is 0 Å². The van der Waals surface area contributed by atoms with Crippen molar-refractivity contribution in [2.75, 3.05) is 19.6 Å². The molecular weight excluding hydrogens is 294 g/mol. The number of nitrogens with zero attached hydrogens (tertiary/aromatic N) is 1. The van der Waals surface area contributed by atoms with Crippen molar-refractivity contribution in [3.63, 3.8) is 0 Å². The molecule has 0 aromatic carbocycles. The van der Waals surface area contributed by atoms with Gasteiger partial charge < -0.3 is 0 Å². The van der Waals surface area contributed by atoms with Crippen LogP contribution in [0.15, 0.2) is 0 Å². The first-order chi connectivity index (χ1) is 4.79. The predicted octanol–water partition coefficient (Wildman–Crippen LogP) is 1.21. The van der Waals surface area contributed by atoms with Crippen LogP contribution in [0.4, 0.5) is 0 Å². The molecular formula is C8H15NW. The van der Waals surface area contributed by atoms with Crippen LogP contribution in [-0.2, 0) is 19.4 Å². The van der Waals surface area contributed by atoms with E-state index in [-0.39, 0.29) is 0 Å². The molecule has 0 saturated carbocycles. The Hall–Kier alpha value is 0.518. The molecule has 1 rings (SSSR count). The van der Waals surface area contributed by atoms with Gasteiger partial charge in [-0.25, -0.2) is 0 Å². The first kappa shape index (κ1) is 8.61. The molecule has 1 saturated heterocycles. The maximum atomic E-state index is 2.58. The van der Waals surface area contributed by atoms with Crippen LogP contribution < -0.4 is 0 Å². The van der Waals surface area contributed by atoms with E-state index >= 15 is 0 Å². The number of hydrogen-bond donors (Lipinski definition) is 0. The Bertz CT molecular complexity index is 116. The summed E-state index contributed by atoms with van der Waals surface area (Å²) in [7, 11) is 0. The summed E-state index contributed by atoms with van der Waals surface area (Å²) in [4.78, 5) is 2.58. The molecule has 10 heavy (non-hydrogen) atoms. The summed E-state index contributed by atoms with van der Waals surface area (Å²) < 4.78 is 1.63. The first-order valence-corrected chi connectivity index (χ1v) is 5.47. The molecule has 1 fully saturated rings. The van der Waals surface area contributed by atoms with Crippen LogP contribution in [0.1, 0.15) is 26.2 Å². The molecule has 2 heteroatoms. The molecule has 1 aliphatic heterocycles. The van der Waals surface area contributed by atoms with Crippen molar-refractivity contribution in [2.24, 2.45) is 0 Å². The van der Waals surface area contributed by atoms with Gasteiger partial charge in [0.15, 0.2) is 0 Å². The zero-order chi connectivity index (χ0) is 7.40. The van der Waals surface area contributed by atoms with E-state index < -0.39 is 0 Å². The van der Waals surface area contributed by atoms with Gasteiger partial charge in [0.1, 0.15) is 0 Å². The Morgan fingerprint density at radius 2 is 1.90 bits per heavy atom. The van der Waals surface area contributed by atoms with Crippen molar-refractivity contribution in [1.29, 1.82) is 0 Å². The Kier molecular flexibility index (Phi) is 3.80. The molecule has 1 aliphatic rings. The fourth-order valence-electron chi connectivity index (χ4n) is 1.43. The summed E-state index contributed by atoms with van der Waals surface area (Å²) >= 11 is 1.65. The number of piperidine rings is 1. The summed E-state index contributed by atoms with van der Waals surface area (Å²) in [6.45, 7) is 6.19. The fraction of sp³-hybridized carbons (Fsp3) is 0.875. The van der Waals surface area contributed by atoms with Crippen molar-refractivity contribution in [3.8, 4) is 0 Å². The Balaban J connectivity index is 2.19. The van der Waals surface area contributed by atoms with Gasteiger partial charge in [-0.2, -0.15) is 0 Å². The third-order valence-electron chi connectivity index (χ3n) is 1.89. The maximum absolute atomic E-state index is 2.58. The predicted molar refractivity (Wildman–Crippen MR) is 41.0 cm³/mol. The van der Waals surface area contributed by atoms with E-state index in [1.165, 1.54) is 38.9 Å². The summed E-state index contributed by atoms with van der Waals surface area (Å²) in [5.74, 6) is 0. The van der Waals surface area contributed by atoms with E-state index in [9.17, 15) is 0 Å². The molecule has 0 atom stereocenters. The third-order valence-corrected chi connectivity index (χ3v) is 2.36. The van der Waals surface area contributed by atoms with Crippen LogP contribution in [-0.4, -0.2) is 28.4 Å². The van der Waals surface area contributed by atoms with Crippen LogP contribution in [0.2, 0.25) is 0 Å². The molecule has 0 radical (unpaired) electrons. The molecule has 0 aliphatic carbocycles. The minimum atomic E-state index is 1.26. The van der Waals surface area contributed by atoms with Gasteiger partial charge in [0.25, 0.3) is 0 Å². The van der Waals surface area contributed by atoms with Gasteiger partial charge in [-0.3, -0.25) is 0 Å². The van der Waals surface area contributed by atoms with Gasteiger partial charge in [-0.05, 0) is 0 Å². The van der Waals surface area contributed by atoms with Crippen LogP contribution in [0.5, 0.6) is 0 Å². The fourth-order valence-corrected chi connectivity index (χ4v) is 2.09.